The number of H-pyrrole nitrogens is 1. The van der Waals surface area contributed by atoms with Gasteiger partial charge in [0.15, 0.2) is 5.65 Å². The number of hydrogen-bond acceptors (Lipinski definition) is 4. The quantitative estimate of drug-likeness (QED) is 0.741. The smallest absolute Gasteiger partial charge is 0.272 e. The van der Waals surface area contributed by atoms with Crippen molar-refractivity contribution in [2.75, 3.05) is 19.6 Å². The van der Waals surface area contributed by atoms with Crippen molar-refractivity contribution < 1.29 is 4.79 Å². The lowest BCUT2D eigenvalue weighted by Gasteiger charge is -2.29. The number of amides is 1. The van der Waals surface area contributed by atoms with Crippen LogP contribution in [0.25, 0.3) is 5.65 Å². The van der Waals surface area contributed by atoms with Gasteiger partial charge in [0.1, 0.15) is 0 Å². The highest BCUT2D eigenvalue weighted by atomic mass is 16.2. The molecule has 1 amide bonds. The van der Waals surface area contributed by atoms with E-state index >= 15 is 0 Å². The van der Waals surface area contributed by atoms with Crippen molar-refractivity contribution in [3.05, 3.63) is 69.8 Å². The van der Waals surface area contributed by atoms with Gasteiger partial charge in [0.2, 0.25) is 5.91 Å². The molecule has 3 aromatic rings. The number of fused-ring (bicyclic) bond motifs is 2. The summed E-state index contributed by atoms with van der Waals surface area (Å²) in [6.45, 7) is 6.86. The summed E-state index contributed by atoms with van der Waals surface area (Å²) >= 11 is 0. The SMILES string of the molecule is CC(=O)N1C[C@H]2CN(Cc3cc(=O)n4[nH]c(C)cc4n3)C[C@H]2[C@@H]1c1ccccc1. The van der Waals surface area contributed by atoms with Gasteiger partial charge in [0.25, 0.3) is 5.56 Å². The number of aromatic amines is 1. The minimum absolute atomic E-state index is 0.0811. The second kappa shape index (κ2) is 6.84. The molecule has 3 atom stereocenters. The van der Waals surface area contributed by atoms with E-state index in [0.717, 1.165) is 31.0 Å². The molecular weight excluding hydrogens is 366 g/mol. The molecule has 2 fully saturated rings. The number of carbonyl (C=O) groups is 1. The third kappa shape index (κ3) is 3.15. The minimum Gasteiger partial charge on any atom is -0.335 e. The molecule has 150 valence electrons. The van der Waals surface area contributed by atoms with Crippen LogP contribution in [0, 0.1) is 18.8 Å². The number of benzene rings is 1. The second-order valence-electron chi connectivity index (χ2n) is 8.36. The Kier molecular flexibility index (Phi) is 4.28. The molecule has 2 aliphatic heterocycles. The minimum atomic E-state index is -0.0811. The molecule has 5 rings (SSSR count). The monoisotopic (exact) mass is 391 g/mol. The first-order valence-electron chi connectivity index (χ1n) is 10.1. The van der Waals surface area contributed by atoms with Gasteiger partial charge in [-0.2, -0.15) is 0 Å². The van der Waals surface area contributed by atoms with Crippen LogP contribution in [0.15, 0.2) is 47.3 Å². The summed E-state index contributed by atoms with van der Waals surface area (Å²) in [4.78, 5) is 33.7. The fourth-order valence-corrected chi connectivity index (χ4v) is 5.14. The highest BCUT2D eigenvalue weighted by molar-refractivity contribution is 5.74. The predicted molar refractivity (Wildman–Crippen MR) is 109 cm³/mol. The maximum atomic E-state index is 12.4. The Bertz CT molecular complexity index is 1120. The Hall–Kier alpha value is -2.93. The van der Waals surface area contributed by atoms with Gasteiger partial charge >= 0.3 is 0 Å². The van der Waals surface area contributed by atoms with Gasteiger partial charge in [-0.25, -0.2) is 9.50 Å². The van der Waals surface area contributed by atoms with E-state index in [2.05, 4.69) is 27.1 Å². The summed E-state index contributed by atoms with van der Waals surface area (Å²) in [5, 5.41) is 3.01. The second-order valence-corrected chi connectivity index (χ2v) is 8.36. The van der Waals surface area contributed by atoms with Crippen molar-refractivity contribution in [3.63, 3.8) is 0 Å². The van der Waals surface area contributed by atoms with E-state index in [1.165, 1.54) is 10.1 Å². The lowest BCUT2D eigenvalue weighted by molar-refractivity contribution is -0.130. The van der Waals surface area contributed by atoms with Crippen molar-refractivity contribution >= 4 is 11.6 Å². The lowest BCUT2D eigenvalue weighted by atomic mass is 9.89. The van der Waals surface area contributed by atoms with Crippen molar-refractivity contribution in [2.24, 2.45) is 11.8 Å². The zero-order valence-corrected chi connectivity index (χ0v) is 16.7. The van der Waals surface area contributed by atoms with Crippen LogP contribution in [0.1, 0.15) is 29.9 Å². The molecule has 7 nitrogen and oxygen atoms in total. The molecule has 0 saturated carbocycles. The van der Waals surface area contributed by atoms with E-state index in [4.69, 9.17) is 0 Å². The maximum Gasteiger partial charge on any atom is 0.272 e. The van der Waals surface area contributed by atoms with Gasteiger partial charge in [-0.15, -0.1) is 0 Å². The summed E-state index contributed by atoms with van der Waals surface area (Å²) < 4.78 is 1.48. The Balaban J connectivity index is 1.38. The summed E-state index contributed by atoms with van der Waals surface area (Å²) in [6, 6.07) is 14.0. The average molecular weight is 391 g/mol. The molecule has 29 heavy (non-hydrogen) atoms. The number of aromatic nitrogens is 3. The van der Waals surface area contributed by atoms with Gasteiger partial charge in [-0.1, -0.05) is 30.3 Å². The number of carbonyl (C=O) groups excluding carboxylic acids is 1. The van der Waals surface area contributed by atoms with Crippen LogP contribution in [0.2, 0.25) is 0 Å². The lowest BCUT2D eigenvalue weighted by Crippen LogP contribution is -2.34. The van der Waals surface area contributed by atoms with E-state index in [-0.39, 0.29) is 17.5 Å². The topological polar surface area (TPSA) is 73.7 Å². The third-order valence-electron chi connectivity index (χ3n) is 6.30. The number of aryl methyl sites for hydroxylation is 1. The molecular formula is C22H25N5O2. The highest BCUT2D eigenvalue weighted by Gasteiger charge is 2.48. The first-order valence-corrected chi connectivity index (χ1v) is 10.1. The fraction of sp³-hybridized carbons (Fsp3) is 0.409. The first-order chi connectivity index (χ1) is 14.0. The number of likely N-dealkylation sites (tertiary alicyclic amines) is 2. The first kappa shape index (κ1) is 18.1. The van der Waals surface area contributed by atoms with Gasteiger partial charge in [0, 0.05) is 56.8 Å². The summed E-state index contributed by atoms with van der Waals surface area (Å²) in [6.07, 6.45) is 0. The number of hydrogen-bond donors (Lipinski definition) is 1. The predicted octanol–water partition coefficient (Wildman–Crippen LogP) is 1.98. The Labute approximate surface area is 168 Å². The molecule has 0 spiro atoms. The average Bonchev–Trinajstić information content (AvgIpc) is 3.34. The normalized spacial score (nSPS) is 24.3. The zero-order chi connectivity index (χ0) is 20.1. The standard InChI is InChI=1S/C22H25N5O2/c1-14-8-20-23-18(9-21(29)27(20)24-14)12-25-10-17-11-26(15(2)28)22(19(17)13-25)16-6-4-3-5-7-16/h3-9,17,19,22,24H,10-13H2,1-2H3/t17-,19-,22+/m1/s1. The van der Waals surface area contributed by atoms with Gasteiger partial charge in [-0.3, -0.25) is 19.6 Å². The number of nitrogens with zero attached hydrogens (tertiary/aromatic N) is 4. The molecule has 2 aromatic heterocycles. The van der Waals surface area contributed by atoms with E-state index in [9.17, 15) is 9.59 Å². The molecule has 4 heterocycles. The number of nitrogens with one attached hydrogen (secondary N) is 1. The van der Waals surface area contributed by atoms with Crippen molar-refractivity contribution in [1.82, 2.24) is 24.4 Å². The largest absolute Gasteiger partial charge is 0.335 e. The van der Waals surface area contributed by atoms with Gasteiger partial charge in [-0.05, 0) is 18.4 Å². The van der Waals surface area contributed by atoms with Crippen LogP contribution in [0.3, 0.4) is 0 Å². The van der Waals surface area contributed by atoms with E-state index < -0.39 is 0 Å². The van der Waals surface area contributed by atoms with Gasteiger partial charge < -0.3 is 4.90 Å². The highest BCUT2D eigenvalue weighted by Crippen LogP contribution is 2.45. The Morgan fingerprint density at radius 3 is 2.72 bits per heavy atom. The molecule has 0 aliphatic carbocycles. The molecule has 2 saturated heterocycles. The Morgan fingerprint density at radius 2 is 1.97 bits per heavy atom. The molecule has 7 heteroatoms. The van der Waals surface area contributed by atoms with Crippen LogP contribution in [-0.2, 0) is 11.3 Å². The summed E-state index contributed by atoms with van der Waals surface area (Å²) in [7, 11) is 0. The Morgan fingerprint density at radius 1 is 1.17 bits per heavy atom. The van der Waals surface area contributed by atoms with E-state index in [1.54, 1.807) is 13.0 Å². The van der Waals surface area contributed by atoms with Gasteiger partial charge in [0.05, 0.1) is 11.7 Å². The number of rotatable bonds is 3. The van der Waals surface area contributed by atoms with E-state index in [0.29, 0.717) is 24.0 Å². The molecule has 0 bridgehead atoms. The summed E-state index contributed by atoms with van der Waals surface area (Å²) in [5.74, 6) is 0.992. The van der Waals surface area contributed by atoms with Crippen LogP contribution in [0.4, 0.5) is 0 Å². The van der Waals surface area contributed by atoms with Crippen LogP contribution in [0.5, 0.6) is 0 Å². The summed E-state index contributed by atoms with van der Waals surface area (Å²) in [5.41, 5.74) is 3.50. The van der Waals surface area contributed by atoms with Crippen LogP contribution >= 0.6 is 0 Å². The molecule has 1 aromatic carbocycles. The van der Waals surface area contributed by atoms with Crippen molar-refractivity contribution in [3.8, 4) is 0 Å². The fourth-order valence-electron chi connectivity index (χ4n) is 5.14. The third-order valence-corrected chi connectivity index (χ3v) is 6.30. The molecule has 1 N–H and O–H groups in total. The van der Waals surface area contributed by atoms with Crippen LogP contribution < -0.4 is 5.56 Å². The van der Waals surface area contributed by atoms with Crippen molar-refractivity contribution in [1.29, 1.82) is 0 Å². The van der Waals surface area contributed by atoms with E-state index in [1.807, 2.05) is 36.1 Å². The van der Waals surface area contributed by atoms with Crippen molar-refractivity contribution in [2.45, 2.75) is 26.4 Å². The zero-order valence-electron chi connectivity index (χ0n) is 16.7. The molecule has 0 unspecified atom stereocenters. The molecule has 0 radical (unpaired) electrons. The van der Waals surface area contributed by atoms with Crippen LogP contribution in [-0.4, -0.2) is 49.9 Å². The molecule has 2 aliphatic rings. The maximum absolute atomic E-state index is 12.4.